The minimum absolute atomic E-state index is 0.0236. The van der Waals surface area contributed by atoms with Gasteiger partial charge in [0.2, 0.25) is 11.8 Å². The summed E-state index contributed by atoms with van der Waals surface area (Å²) in [5.41, 5.74) is 0.219. The summed E-state index contributed by atoms with van der Waals surface area (Å²) < 4.78 is 0. The second-order valence-corrected chi connectivity index (χ2v) is 4.07. The largest absolute Gasteiger partial charge is 0.478 e. The molecule has 1 rings (SSSR count). The molecule has 3 N–H and O–H groups in total. The van der Waals surface area contributed by atoms with Gasteiger partial charge >= 0.3 is 5.97 Å². The van der Waals surface area contributed by atoms with E-state index in [1.165, 1.54) is 13.8 Å². The van der Waals surface area contributed by atoms with Crippen LogP contribution in [0.1, 0.15) is 26.7 Å². The average molecular weight is 240 g/mol. The van der Waals surface area contributed by atoms with Gasteiger partial charge < -0.3 is 15.7 Å². The van der Waals surface area contributed by atoms with E-state index in [9.17, 15) is 14.4 Å². The number of aliphatic carboxylic acids is 1. The highest BCUT2D eigenvalue weighted by atomic mass is 16.4. The molecule has 0 saturated carbocycles. The Morgan fingerprint density at radius 1 is 1.35 bits per heavy atom. The number of carboxylic acid groups (broad SMARTS) is 1. The third-order valence-corrected chi connectivity index (χ3v) is 2.82. The smallest absolute Gasteiger partial charge is 0.331 e. The summed E-state index contributed by atoms with van der Waals surface area (Å²) in [6.45, 7) is 3.25. The molecule has 0 aliphatic carbocycles. The van der Waals surface area contributed by atoms with Gasteiger partial charge in [-0.3, -0.25) is 9.59 Å². The van der Waals surface area contributed by atoms with Crippen LogP contribution in [0.15, 0.2) is 11.1 Å². The van der Waals surface area contributed by atoms with Crippen LogP contribution < -0.4 is 10.6 Å². The van der Waals surface area contributed by atoms with Gasteiger partial charge in [0.15, 0.2) is 0 Å². The van der Waals surface area contributed by atoms with E-state index in [0.717, 1.165) is 0 Å². The number of nitrogens with one attached hydrogen (secondary N) is 2. The monoisotopic (exact) mass is 240 g/mol. The van der Waals surface area contributed by atoms with Crippen LogP contribution in [0.5, 0.6) is 0 Å². The highest BCUT2D eigenvalue weighted by Gasteiger charge is 2.21. The van der Waals surface area contributed by atoms with Gasteiger partial charge in [0.25, 0.3) is 0 Å². The summed E-state index contributed by atoms with van der Waals surface area (Å²) in [7, 11) is 0. The number of carbonyl (C=O) groups excluding carboxylic acids is 2. The molecule has 0 aromatic carbocycles. The van der Waals surface area contributed by atoms with Gasteiger partial charge in [-0.2, -0.15) is 0 Å². The molecule has 0 bridgehead atoms. The lowest BCUT2D eigenvalue weighted by atomic mass is 10.1. The molecule has 0 spiro atoms. The molecular formula is C11H16N2O4. The molecule has 0 radical (unpaired) electrons. The highest BCUT2D eigenvalue weighted by Crippen LogP contribution is 2.07. The van der Waals surface area contributed by atoms with Crippen LogP contribution in [-0.2, 0) is 14.4 Å². The first-order chi connectivity index (χ1) is 7.91. The predicted molar refractivity (Wildman–Crippen MR) is 60.2 cm³/mol. The molecule has 2 amide bonds. The second kappa shape index (κ2) is 5.47. The zero-order chi connectivity index (χ0) is 13.0. The molecule has 6 nitrogen and oxygen atoms in total. The molecule has 94 valence electrons. The van der Waals surface area contributed by atoms with E-state index in [1.807, 2.05) is 0 Å². The lowest BCUT2D eigenvalue weighted by molar-refractivity contribution is -0.133. The molecule has 0 aromatic rings. The van der Waals surface area contributed by atoms with E-state index in [-0.39, 0.29) is 23.1 Å². The summed E-state index contributed by atoms with van der Waals surface area (Å²) in [6, 6.07) is -0.128. The maximum absolute atomic E-state index is 11.7. The van der Waals surface area contributed by atoms with Crippen LogP contribution in [0, 0.1) is 0 Å². The SMILES string of the molecule is C/C(C(=O)O)=C(\C)C(=O)NC1CCC(=O)NC1. The highest BCUT2D eigenvalue weighted by molar-refractivity contribution is 6.01. The van der Waals surface area contributed by atoms with Gasteiger partial charge in [-0.15, -0.1) is 0 Å². The Morgan fingerprint density at radius 3 is 2.47 bits per heavy atom. The topological polar surface area (TPSA) is 95.5 Å². The number of carbonyl (C=O) groups is 3. The summed E-state index contributed by atoms with van der Waals surface area (Å²) >= 11 is 0. The van der Waals surface area contributed by atoms with Gasteiger partial charge in [0, 0.05) is 30.2 Å². The first-order valence-electron chi connectivity index (χ1n) is 5.40. The van der Waals surface area contributed by atoms with Crippen molar-refractivity contribution >= 4 is 17.8 Å². The van der Waals surface area contributed by atoms with E-state index < -0.39 is 11.9 Å². The fourth-order valence-corrected chi connectivity index (χ4v) is 1.48. The van der Waals surface area contributed by atoms with Gasteiger partial charge in [0.05, 0.1) is 0 Å². The lowest BCUT2D eigenvalue weighted by Crippen LogP contribution is -2.48. The van der Waals surface area contributed by atoms with E-state index in [4.69, 9.17) is 5.11 Å². The molecule has 1 heterocycles. The number of piperidine rings is 1. The van der Waals surface area contributed by atoms with Crippen molar-refractivity contribution in [2.24, 2.45) is 0 Å². The summed E-state index contributed by atoms with van der Waals surface area (Å²) in [5.74, 6) is -1.52. The summed E-state index contributed by atoms with van der Waals surface area (Å²) in [6.07, 6.45) is 0.961. The number of amides is 2. The average Bonchev–Trinajstić information content (AvgIpc) is 2.30. The zero-order valence-corrected chi connectivity index (χ0v) is 9.87. The van der Waals surface area contributed by atoms with Crippen LogP contribution >= 0.6 is 0 Å². The molecule has 6 heteroatoms. The predicted octanol–water partition coefficient (Wildman–Crippen LogP) is -0.198. The number of hydrogen-bond acceptors (Lipinski definition) is 3. The van der Waals surface area contributed by atoms with Crippen molar-refractivity contribution in [3.8, 4) is 0 Å². The summed E-state index contributed by atoms with van der Waals surface area (Å²) in [4.78, 5) is 33.3. The minimum atomic E-state index is -1.10. The van der Waals surface area contributed by atoms with Crippen LogP contribution in [0.25, 0.3) is 0 Å². The Labute approximate surface area is 99.1 Å². The number of hydrogen-bond donors (Lipinski definition) is 3. The third-order valence-electron chi connectivity index (χ3n) is 2.82. The van der Waals surface area contributed by atoms with Crippen LogP contribution in [0.3, 0.4) is 0 Å². The van der Waals surface area contributed by atoms with E-state index >= 15 is 0 Å². The second-order valence-electron chi connectivity index (χ2n) is 4.07. The first kappa shape index (κ1) is 13.2. The van der Waals surface area contributed by atoms with E-state index in [2.05, 4.69) is 10.6 Å². The summed E-state index contributed by atoms with van der Waals surface area (Å²) in [5, 5.41) is 14.1. The third kappa shape index (κ3) is 3.58. The Balaban J connectivity index is 2.58. The molecule has 1 unspecified atom stereocenters. The van der Waals surface area contributed by atoms with E-state index in [1.54, 1.807) is 0 Å². The van der Waals surface area contributed by atoms with Gasteiger partial charge in [-0.1, -0.05) is 0 Å². The molecule has 1 fully saturated rings. The van der Waals surface area contributed by atoms with E-state index in [0.29, 0.717) is 19.4 Å². The first-order valence-corrected chi connectivity index (χ1v) is 5.40. The standard InChI is InChI=1S/C11H16N2O4/c1-6(7(2)11(16)17)10(15)13-8-3-4-9(14)12-5-8/h8H,3-5H2,1-2H3,(H,12,14)(H,13,15)(H,16,17)/b7-6-. The molecule has 17 heavy (non-hydrogen) atoms. The zero-order valence-electron chi connectivity index (χ0n) is 9.87. The fraction of sp³-hybridized carbons (Fsp3) is 0.545. The molecule has 1 aliphatic rings. The Morgan fingerprint density at radius 2 is 2.00 bits per heavy atom. The Hall–Kier alpha value is -1.85. The quantitative estimate of drug-likeness (QED) is 0.595. The minimum Gasteiger partial charge on any atom is -0.478 e. The van der Waals surface area contributed by atoms with Crippen molar-refractivity contribution in [2.45, 2.75) is 32.7 Å². The Kier molecular flexibility index (Phi) is 4.25. The van der Waals surface area contributed by atoms with Crippen molar-refractivity contribution in [2.75, 3.05) is 6.54 Å². The maximum atomic E-state index is 11.7. The van der Waals surface area contributed by atoms with Crippen molar-refractivity contribution in [3.63, 3.8) is 0 Å². The maximum Gasteiger partial charge on any atom is 0.331 e. The number of rotatable bonds is 3. The van der Waals surface area contributed by atoms with Crippen molar-refractivity contribution in [1.82, 2.24) is 10.6 Å². The number of carboxylic acids is 1. The van der Waals surface area contributed by atoms with Gasteiger partial charge in [-0.05, 0) is 20.3 Å². The van der Waals surface area contributed by atoms with Gasteiger partial charge in [0.1, 0.15) is 0 Å². The molecule has 0 aromatic heterocycles. The lowest BCUT2D eigenvalue weighted by Gasteiger charge is -2.23. The fourth-order valence-electron chi connectivity index (χ4n) is 1.48. The van der Waals surface area contributed by atoms with Crippen LogP contribution in [0.2, 0.25) is 0 Å². The normalized spacial score (nSPS) is 21.3. The van der Waals surface area contributed by atoms with Crippen molar-refractivity contribution < 1.29 is 19.5 Å². The molecular weight excluding hydrogens is 224 g/mol. The molecule has 1 aliphatic heterocycles. The van der Waals surface area contributed by atoms with Gasteiger partial charge in [-0.25, -0.2) is 4.79 Å². The van der Waals surface area contributed by atoms with Crippen molar-refractivity contribution in [3.05, 3.63) is 11.1 Å². The van der Waals surface area contributed by atoms with Crippen LogP contribution in [0.4, 0.5) is 0 Å². The molecule has 1 atom stereocenters. The Bertz CT molecular complexity index is 377. The van der Waals surface area contributed by atoms with Crippen molar-refractivity contribution in [1.29, 1.82) is 0 Å². The molecule has 1 saturated heterocycles. The van der Waals surface area contributed by atoms with Crippen LogP contribution in [-0.4, -0.2) is 35.5 Å².